The maximum atomic E-state index is 11.9. The number of anilines is 1. The van der Waals surface area contributed by atoms with Crippen molar-refractivity contribution in [2.45, 2.75) is 20.5 Å². The molecule has 0 fully saturated rings. The topological polar surface area (TPSA) is 55.4 Å². The van der Waals surface area contributed by atoms with Crippen LogP contribution in [0.15, 0.2) is 48.5 Å². The summed E-state index contributed by atoms with van der Waals surface area (Å²) in [6.45, 7) is 4.01. The van der Waals surface area contributed by atoms with Crippen LogP contribution < -0.4 is 10.1 Å². The van der Waals surface area contributed by atoms with Crippen molar-refractivity contribution >= 4 is 17.9 Å². The molecule has 114 valence electrons. The lowest BCUT2D eigenvalue weighted by Gasteiger charge is -2.14. The lowest BCUT2D eigenvalue weighted by Crippen LogP contribution is -2.18. The molecule has 4 nitrogen and oxygen atoms in total. The highest BCUT2D eigenvalue weighted by atomic mass is 16.5. The molecule has 1 amide bonds. The van der Waals surface area contributed by atoms with Gasteiger partial charge in [-0.3, -0.25) is 9.59 Å². The van der Waals surface area contributed by atoms with Crippen molar-refractivity contribution in [1.29, 1.82) is 0 Å². The molecule has 2 aromatic carbocycles. The van der Waals surface area contributed by atoms with Gasteiger partial charge in [0.25, 0.3) is 0 Å². The SMILES string of the molecule is CC(C)C(=O)Nc1cc(C=O)ccc1OCc1ccccc1. The minimum Gasteiger partial charge on any atom is -0.487 e. The van der Waals surface area contributed by atoms with Crippen molar-refractivity contribution in [1.82, 2.24) is 0 Å². The number of hydrogen-bond acceptors (Lipinski definition) is 3. The Morgan fingerprint density at radius 1 is 1.18 bits per heavy atom. The fraction of sp³-hybridized carbons (Fsp3) is 0.222. The molecule has 4 heteroatoms. The summed E-state index contributed by atoms with van der Waals surface area (Å²) in [6.07, 6.45) is 0.742. The minimum absolute atomic E-state index is 0.118. The average Bonchev–Trinajstić information content (AvgIpc) is 2.54. The molecule has 0 bridgehead atoms. The van der Waals surface area contributed by atoms with Gasteiger partial charge >= 0.3 is 0 Å². The first kappa shape index (κ1) is 15.8. The molecular weight excluding hydrogens is 278 g/mol. The molecule has 0 saturated heterocycles. The minimum atomic E-state index is -0.151. The Balaban J connectivity index is 2.18. The van der Waals surface area contributed by atoms with Gasteiger partial charge in [-0.2, -0.15) is 0 Å². The number of carbonyl (C=O) groups excluding carboxylic acids is 2. The summed E-state index contributed by atoms with van der Waals surface area (Å²) < 4.78 is 5.77. The van der Waals surface area contributed by atoms with E-state index < -0.39 is 0 Å². The number of amides is 1. The van der Waals surface area contributed by atoms with Gasteiger partial charge in [0.1, 0.15) is 18.6 Å². The van der Waals surface area contributed by atoms with Gasteiger partial charge in [0.15, 0.2) is 0 Å². The third-order valence-electron chi connectivity index (χ3n) is 3.16. The Kier molecular flexibility index (Phi) is 5.31. The van der Waals surface area contributed by atoms with Gasteiger partial charge in [-0.15, -0.1) is 0 Å². The van der Waals surface area contributed by atoms with E-state index in [0.29, 0.717) is 23.6 Å². The summed E-state index contributed by atoms with van der Waals surface area (Å²) in [7, 11) is 0. The summed E-state index contributed by atoms with van der Waals surface area (Å²) in [6, 6.07) is 14.7. The third kappa shape index (κ3) is 4.19. The highest BCUT2D eigenvalue weighted by molar-refractivity contribution is 5.94. The molecule has 0 unspecified atom stereocenters. The van der Waals surface area contributed by atoms with Crippen LogP contribution >= 0.6 is 0 Å². The average molecular weight is 297 g/mol. The molecule has 0 aliphatic carbocycles. The predicted octanol–water partition coefficient (Wildman–Crippen LogP) is 3.67. The third-order valence-corrected chi connectivity index (χ3v) is 3.16. The van der Waals surface area contributed by atoms with Crippen LogP contribution in [0.25, 0.3) is 0 Å². The largest absolute Gasteiger partial charge is 0.487 e. The van der Waals surface area contributed by atoms with Crippen molar-refractivity contribution in [3.8, 4) is 5.75 Å². The van der Waals surface area contributed by atoms with E-state index in [1.807, 2.05) is 44.2 Å². The Morgan fingerprint density at radius 3 is 2.55 bits per heavy atom. The lowest BCUT2D eigenvalue weighted by atomic mass is 10.1. The number of ether oxygens (including phenoxy) is 1. The van der Waals surface area contributed by atoms with Gasteiger partial charge in [-0.25, -0.2) is 0 Å². The summed E-state index contributed by atoms with van der Waals surface area (Å²) >= 11 is 0. The number of carbonyl (C=O) groups is 2. The standard InChI is InChI=1S/C18H19NO3/c1-13(2)18(21)19-16-10-15(11-20)8-9-17(16)22-12-14-6-4-3-5-7-14/h3-11,13H,12H2,1-2H3,(H,19,21). The summed E-state index contributed by atoms with van der Waals surface area (Å²) in [5, 5.41) is 2.80. The fourth-order valence-corrected chi connectivity index (χ4v) is 1.86. The molecule has 2 aromatic rings. The van der Waals surface area contributed by atoms with Gasteiger partial charge in [0.2, 0.25) is 5.91 Å². The van der Waals surface area contributed by atoms with E-state index in [-0.39, 0.29) is 11.8 Å². The number of rotatable bonds is 6. The molecule has 1 N–H and O–H groups in total. The first-order valence-corrected chi connectivity index (χ1v) is 7.17. The Bertz CT molecular complexity index is 651. The first-order chi connectivity index (χ1) is 10.6. The van der Waals surface area contributed by atoms with Crippen LogP contribution in [-0.4, -0.2) is 12.2 Å². The van der Waals surface area contributed by atoms with Crippen molar-refractivity contribution in [2.24, 2.45) is 5.92 Å². The van der Waals surface area contributed by atoms with Crippen molar-refractivity contribution in [3.05, 3.63) is 59.7 Å². The first-order valence-electron chi connectivity index (χ1n) is 7.17. The summed E-state index contributed by atoms with van der Waals surface area (Å²) in [4.78, 5) is 22.8. The number of nitrogens with one attached hydrogen (secondary N) is 1. The molecule has 0 aliphatic rings. The van der Waals surface area contributed by atoms with Crippen LogP contribution in [0.2, 0.25) is 0 Å². The molecule has 2 rings (SSSR count). The summed E-state index contributed by atoms with van der Waals surface area (Å²) in [5.41, 5.74) is 2.04. The van der Waals surface area contributed by atoms with Gasteiger partial charge in [0, 0.05) is 11.5 Å². The van der Waals surface area contributed by atoms with Crippen LogP contribution in [0.3, 0.4) is 0 Å². The Morgan fingerprint density at radius 2 is 1.91 bits per heavy atom. The van der Waals surface area contributed by atoms with E-state index in [0.717, 1.165) is 11.8 Å². The van der Waals surface area contributed by atoms with E-state index in [4.69, 9.17) is 4.74 Å². The van der Waals surface area contributed by atoms with E-state index in [1.165, 1.54) is 0 Å². The molecule has 0 radical (unpaired) electrons. The van der Waals surface area contributed by atoms with Gasteiger partial charge < -0.3 is 10.1 Å². The monoisotopic (exact) mass is 297 g/mol. The van der Waals surface area contributed by atoms with Gasteiger partial charge in [-0.05, 0) is 23.8 Å². The van der Waals surface area contributed by atoms with E-state index in [2.05, 4.69) is 5.32 Å². The molecule has 0 atom stereocenters. The molecule has 22 heavy (non-hydrogen) atoms. The second-order valence-electron chi connectivity index (χ2n) is 5.29. The number of hydrogen-bond donors (Lipinski definition) is 1. The highest BCUT2D eigenvalue weighted by Gasteiger charge is 2.12. The van der Waals surface area contributed by atoms with Crippen LogP contribution in [0.5, 0.6) is 5.75 Å². The molecule has 0 aliphatic heterocycles. The Labute approximate surface area is 130 Å². The number of aldehydes is 1. The predicted molar refractivity (Wildman–Crippen MR) is 86.1 cm³/mol. The zero-order valence-corrected chi connectivity index (χ0v) is 12.7. The zero-order valence-electron chi connectivity index (χ0n) is 12.7. The van der Waals surface area contributed by atoms with Crippen molar-refractivity contribution in [3.63, 3.8) is 0 Å². The van der Waals surface area contributed by atoms with E-state index in [9.17, 15) is 9.59 Å². The number of benzene rings is 2. The van der Waals surface area contributed by atoms with Crippen LogP contribution in [0.1, 0.15) is 29.8 Å². The van der Waals surface area contributed by atoms with Crippen LogP contribution in [0, 0.1) is 5.92 Å². The smallest absolute Gasteiger partial charge is 0.227 e. The zero-order chi connectivity index (χ0) is 15.9. The van der Waals surface area contributed by atoms with E-state index >= 15 is 0 Å². The fourth-order valence-electron chi connectivity index (χ4n) is 1.86. The second-order valence-corrected chi connectivity index (χ2v) is 5.29. The van der Waals surface area contributed by atoms with Crippen LogP contribution in [0.4, 0.5) is 5.69 Å². The molecular formula is C18H19NO3. The van der Waals surface area contributed by atoms with Gasteiger partial charge in [0.05, 0.1) is 5.69 Å². The van der Waals surface area contributed by atoms with Gasteiger partial charge in [-0.1, -0.05) is 44.2 Å². The lowest BCUT2D eigenvalue weighted by molar-refractivity contribution is -0.118. The van der Waals surface area contributed by atoms with Crippen LogP contribution in [-0.2, 0) is 11.4 Å². The molecule has 0 aromatic heterocycles. The maximum Gasteiger partial charge on any atom is 0.227 e. The molecule has 0 spiro atoms. The van der Waals surface area contributed by atoms with Crippen molar-refractivity contribution < 1.29 is 14.3 Å². The van der Waals surface area contributed by atoms with Crippen molar-refractivity contribution in [2.75, 3.05) is 5.32 Å². The Hall–Kier alpha value is -2.62. The molecule has 0 saturated carbocycles. The maximum absolute atomic E-state index is 11.9. The normalized spacial score (nSPS) is 10.3. The molecule has 0 heterocycles. The van der Waals surface area contributed by atoms with E-state index in [1.54, 1.807) is 18.2 Å². The summed E-state index contributed by atoms with van der Waals surface area (Å²) in [5.74, 6) is 0.276. The second kappa shape index (κ2) is 7.41. The highest BCUT2D eigenvalue weighted by Crippen LogP contribution is 2.27. The quantitative estimate of drug-likeness (QED) is 0.828.